The van der Waals surface area contributed by atoms with Gasteiger partial charge in [-0.1, -0.05) is 18.2 Å². The van der Waals surface area contributed by atoms with Crippen molar-refractivity contribution in [2.45, 2.75) is 11.8 Å². The van der Waals surface area contributed by atoms with Gasteiger partial charge in [-0.25, -0.2) is 13.2 Å². The van der Waals surface area contributed by atoms with Crippen molar-refractivity contribution in [3.63, 3.8) is 0 Å². The maximum Gasteiger partial charge on any atom is 0.343 e. The summed E-state index contributed by atoms with van der Waals surface area (Å²) in [5.41, 5.74) is 0.161. The zero-order valence-corrected chi connectivity index (χ0v) is 13.1. The zero-order chi connectivity index (χ0) is 16.2. The van der Waals surface area contributed by atoms with E-state index in [2.05, 4.69) is 0 Å². The van der Waals surface area contributed by atoms with Gasteiger partial charge in [-0.15, -0.1) is 0 Å². The van der Waals surface area contributed by atoms with E-state index >= 15 is 0 Å². The van der Waals surface area contributed by atoms with Crippen molar-refractivity contribution >= 4 is 15.8 Å². The van der Waals surface area contributed by atoms with Crippen LogP contribution >= 0.6 is 0 Å². The first kappa shape index (κ1) is 16.0. The molecule has 0 bridgehead atoms. The third kappa shape index (κ3) is 3.85. The van der Waals surface area contributed by atoms with E-state index in [1.165, 1.54) is 24.3 Å². The normalized spacial score (nSPS) is 11.0. The van der Waals surface area contributed by atoms with Crippen molar-refractivity contribution in [1.29, 1.82) is 0 Å². The van der Waals surface area contributed by atoms with Gasteiger partial charge in [0.15, 0.2) is 21.3 Å². The SMILES string of the molecule is CCOc1ccccc1OC(=O)c1cccc(S(C)(=O)=O)c1. The van der Waals surface area contributed by atoms with E-state index in [-0.39, 0.29) is 10.5 Å². The van der Waals surface area contributed by atoms with Crippen LogP contribution in [0.4, 0.5) is 0 Å². The van der Waals surface area contributed by atoms with Gasteiger partial charge >= 0.3 is 5.97 Å². The van der Waals surface area contributed by atoms with Crippen LogP contribution < -0.4 is 9.47 Å². The summed E-state index contributed by atoms with van der Waals surface area (Å²) < 4.78 is 33.7. The molecule has 2 aromatic rings. The summed E-state index contributed by atoms with van der Waals surface area (Å²) in [5.74, 6) is 0.106. The maximum atomic E-state index is 12.2. The maximum absolute atomic E-state index is 12.2. The first-order valence-corrected chi connectivity index (χ1v) is 8.55. The van der Waals surface area contributed by atoms with Crippen LogP contribution in [0.25, 0.3) is 0 Å². The lowest BCUT2D eigenvalue weighted by Gasteiger charge is -2.10. The molecule has 22 heavy (non-hydrogen) atoms. The van der Waals surface area contributed by atoms with Gasteiger partial charge in [-0.3, -0.25) is 0 Å². The van der Waals surface area contributed by atoms with Crippen LogP contribution in [0, 0.1) is 0 Å². The Hall–Kier alpha value is -2.34. The van der Waals surface area contributed by atoms with Gasteiger partial charge in [0, 0.05) is 6.26 Å². The number of para-hydroxylation sites is 2. The molecule has 6 heteroatoms. The summed E-state index contributed by atoms with van der Waals surface area (Å²) in [6.07, 6.45) is 1.09. The van der Waals surface area contributed by atoms with Crippen LogP contribution in [0.1, 0.15) is 17.3 Å². The zero-order valence-electron chi connectivity index (χ0n) is 12.3. The Morgan fingerprint density at radius 3 is 2.36 bits per heavy atom. The number of rotatable bonds is 5. The van der Waals surface area contributed by atoms with E-state index in [9.17, 15) is 13.2 Å². The summed E-state index contributed by atoms with van der Waals surface area (Å²) in [4.78, 5) is 12.2. The minimum Gasteiger partial charge on any atom is -0.490 e. The van der Waals surface area contributed by atoms with Crippen LogP contribution in [0.15, 0.2) is 53.4 Å². The molecular weight excluding hydrogens is 304 g/mol. The minimum absolute atomic E-state index is 0.0695. The van der Waals surface area contributed by atoms with Crippen molar-refractivity contribution in [1.82, 2.24) is 0 Å². The highest BCUT2D eigenvalue weighted by atomic mass is 32.2. The molecule has 0 amide bonds. The average molecular weight is 320 g/mol. The van der Waals surface area contributed by atoms with Gasteiger partial charge in [-0.2, -0.15) is 0 Å². The molecule has 0 aliphatic carbocycles. The quantitative estimate of drug-likeness (QED) is 0.626. The number of sulfone groups is 1. The lowest BCUT2D eigenvalue weighted by Crippen LogP contribution is -2.10. The Morgan fingerprint density at radius 1 is 1.05 bits per heavy atom. The van der Waals surface area contributed by atoms with Crippen molar-refractivity contribution in [3.8, 4) is 11.5 Å². The molecule has 0 aliphatic rings. The van der Waals surface area contributed by atoms with Crippen molar-refractivity contribution < 1.29 is 22.7 Å². The number of hydrogen-bond donors (Lipinski definition) is 0. The third-order valence-electron chi connectivity index (χ3n) is 2.85. The molecule has 0 radical (unpaired) electrons. The van der Waals surface area contributed by atoms with Gasteiger partial charge in [0.25, 0.3) is 0 Å². The molecule has 116 valence electrons. The van der Waals surface area contributed by atoms with Crippen LogP contribution in [0.2, 0.25) is 0 Å². The van der Waals surface area contributed by atoms with Crippen LogP contribution in [-0.4, -0.2) is 27.2 Å². The first-order valence-electron chi connectivity index (χ1n) is 6.66. The Morgan fingerprint density at radius 2 is 1.73 bits per heavy atom. The van der Waals surface area contributed by atoms with Gasteiger partial charge in [0.1, 0.15) is 0 Å². The fraction of sp³-hybridized carbons (Fsp3) is 0.188. The van der Waals surface area contributed by atoms with Crippen LogP contribution in [0.3, 0.4) is 0 Å². The molecule has 0 aromatic heterocycles. The first-order chi connectivity index (χ1) is 10.4. The van der Waals surface area contributed by atoms with Crippen LogP contribution in [0.5, 0.6) is 11.5 Å². The predicted octanol–water partition coefficient (Wildman–Crippen LogP) is 2.71. The smallest absolute Gasteiger partial charge is 0.343 e. The molecule has 0 fully saturated rings. The van der Waals surface area contributed by atoms with Crippen molar-refractivity contribution in [2.24, 2.45) is 0 Å². The summed E-state index contributed by atoms with van der Waals surface area (Å²) in [7, 11) is -3.38. The number of ether oxygens (including phenoxy) is 2. The lowest BCUT2D eigenvalue weighted by atomic mass is 10.2. The van der Waals surface area contributed by atoms with Gasteiger partial charge in [0.05, 0.1) is 17.1 Å². The molecule has 5 nitrogen and oxygen atoms in total. The van der Waals surface area contributed by atoms with Gasteiger partial charge < -0.3 is 9.47 Å². The van der Waals surface area contributed by atoms with E-state index in [1.54, 1.807) is 24.3 Å². The summed E-state index contributed by atoms with van der Waals surface area (Å²) in [5, 5.41) is 0. The number of benzene rings is 2. The molecule has 0 aliphatic heterocycles. The topological polar surface area (TPSA) is 69.7 Å². The highest BCUT2D eigenvalue weighted by Crippen LogP contribution is 2.27. The molecule has 2 rings (SSSR count). The number of carbonyl (C=O) groups is 1. The molecule has 0 heterocycles. The average Bonchev–Trinajstić information content (AvgIpc) is 2.49. The van der Waals surface area contributed by atoms with E-state index in [1.807, 2.05) is 6.92 Å². The Kier molecular flexibility index (Phi) is 4.82. The highest BCUT2D eigenvalue weighted by molar-refractivity contribution is 7.90. The summed E-state index contributed by atoms with van der Waals surface area (Å²) >= 11 is 0. The van der Waals surface area contributed by atoms with Crippen molar-refractivity contribution in [2.75, 3.05) is 12.9 Å². The molecule has 0 saturated carbocycles. The second kappa shape index (κ2) is 6.62. The van der Waals surface area contributed by atoms with E-state index in [4.69, 9.17) is 9.47 Å². The predicted molar refractivity (Wildman–Crippen MR) is 82.1 cm³/mol. The molecule has 0 spiro atoms. The number of esters is 1. The molecule has 2 aromatic carbocycles. The van der Waals surface area contributed by atoms with E-state index in [0.717, 1.165) is 6.26 Å². The lowest BCUT2D eigenvalue weighted by molar-refractivity contribution is 0.0728. The van der Waals surface area contributed by atoms with Crippen molar-refractivity contribution in [3.05, 3.63) is 54.1 Å². The minimum atomic E-state index is -3.38. The standard InChI is InChI=1S/C16H16O5S/c1-3-20-14-9-4-5-10-15(14)21-16(17)12-7-6-8-13(11-12)22(2,18)19/h4-11H,3H2,1-2H3. The van der Waals surface area contributed by atoms with Gasteiger partial charge in [0.2, 0.25) is 0 Å². The largest absolute Gasteiger partial charge is 0.490 e. The molecule has 0 unspecified atom stereocenters. The monoisotopic (exact) mass is 320 g/mol. The second-order valence-corrected chi connectivity index (χ2v) is 6.59. The number of hydrogen-bond acceptors (Lipinski definition) is 5. The molecular formula is C16H16O5S. The third-order valence-corrected chi connectivity index (χ3v) is 3.96. The molecule has 0 saturated heterocycles. The Labute approximate surface area is 129 Å². The van der Waals surface area contributed by atoms with E-state index < -0.39 is 15.8 Å². The highest BCUT2D eigenvalue weighted by Gasteiger charge is 2.15. The Bertz CT molecular complexity index is 781. The number of carbonyl (C=O) groups excluding carboxylic acids is 1. The van der Waals surface area contributed by atoms with E-state index in [0.29, 0.717) is 18.1 Å². The Balaban J connectivity index is 2.27. The summed E-state index contributed by atoms with van der Waals surface area (Å²) in [6.45, 7) is 2.27. The fourth-order valence-electron chi connectivity index (χ4n) is 1.82. The molecule has 0 atom stereocenters. The fourth-order valence-corrected chi connectivity index (χ4v) is 2.49. The summed E-state index contributed by atoms with van der Waals surface area (Å²) in [6, 6.07) is 12.5. The van der Waals surface area contributed by atoms with Gasteiger partial charge in [-0.05, 0) is 37.3 Å². The second-order valence-electron chi connectivity index (χ2n) is 4.57. The van der Waals surface area contributed by atoms with Crippen LogP contribution in [-0.2, 0) is 9.84 Å². The molecule has 0 N–H and O–H groups in total.